The molecule has 0 aliphatic carbocycles. The van der Waals surface area contributed by atoms with Crippen molar-refractivity contribution >= 4 is 65.1 Å². The van der Waals surface area contributed by atoms with Gasteiger partial charge >= 0.3 is 0 Å². The van der Waals surface area contributed by atoms with E-state index in [1.54, 1.807) is 12.1 Å². The van der Waals surface area contributed by atoms with Gasteiger partial charge in [-0.15, -0.1) is 25.6 Å². The molecule has 0 spiro atoms. The lowest BCUT2D eigenvalue weighted by Gasteiger charge is -2.08. The van der Waals surface area contributed by atoms with Crippen LogP contribution in [0.3, 0.4) is 0 Å². The Hall–Kier alpha value is -4.84. The Bertz CT molecular complexity index is 1910. The molecule has 39 heavy (non-hydrogen) atoms. The van der Waals surface area contributed by atoms with Crippen LogP contribution < -0.4 is 0 Å². The fourth-order valence-corrected chi connectivity index (χ4v) is 5.17. The first-order chi connectivity index (χ1) is 18.4. The summed E-state index contributed by atoms with van der Waals surface area (Å²) in [5.74, 6) is -1.36. The molecule has 5 aromatic rings. The molecule has 0 saturated heterocycles. The number of nitrogens with zero attached hydrogens (tertiary/aromatic N) is 6. The number of H-pyrrole nitrogens is 1. The van der Waals surface area contributed by atoms with Crippen LogP contribution in [0.25, 0.3) is 21.5 Å². The van der Waals surface area contributed by atoms with Crippen molar-refractivity contribution in [1.82, 2.24) is 15.2 Å². The smallest absolute Gasteiger partial charge is 0.295 e. The number of hydrogen-bond donors (Lipinski definition) is 5. The van der Waals surface area contributed by atoms with Gasteiger partial charge in [-0.1, -0.05) is 48.5 Å². The van der Waals surface area contributed by atoms with Crippen LogP contribution >= 0.6 is 0 Å². The highest BCUT2D eigenvalue weighted by atomic mass is 32.2. The molecule has 17 heteroatoms. The summed E-state index contributed by atoms with van der Waals surface area (Å²) in [5, 5.41) is 42.5. The number of aromatic amines is 1. The third kappa shape index (κ3) is 5.01. The van der Waals surface area contributed by atoms with Gasteiger partial charge in [0, 0.05) is 21.5 Å². The summed E-state index contributed by atoms with van der Waals surface area (Å²) in [6, 6.07) is 13.7. The van der Waals surface area contributed by atoms with E-state index in [2.05, 4.69) is 35.6 Å². The van der Waals surface area contributed by atoms with Crippen LogP contribution in [0.1, 0.15) is 0 Å². The van der Waals surface area contributed by atoms with Crippen molar-refractivity contribution in [2.75, 3.05) is 0 Å². The topological polar surface area (TPSA) is 240 Å². The van der Waals surface area contributed by atoms with Gasteiger partial charge in [0.2, 0.25) is 0 Å². The van der Waals surface area contributed by atoms with Gasteiger partial charge in [0.15, 0.2) is 11.5 Å². The Morgan fingerprint density at radius 3 is 1.54 bits per heavy atom. The van der Waals surface area contributed by atoms with Gasteiger partial charge in [-0.3, -0.25) is 9.11 Å². The second-order valence-corrected chi connectivity index (χ2v) is 10.7. The summed E-state index contributed by atoms with van der Waals surface area (Å²) < 4.78 is 66.5. The van der Waals surface area contributed by atoms with E-state index in [1.165, 1.54) is 36.4 Å². The van der Waals surface area contributed by atoms with Gasteiger partial charge in [0.25, 0.3) is 32.1 Å². The Morgan fingerprint density at radius 1 is 0.641 bits per heavy atom. The van der Waals surface area contributed by atoms with Gasteiger partial charge in [-0.25, -0.2) is 5.10 Å². The minimum atomic E-state index is -4.66. The number of rotatable bonds is 6. The molecular weight excluding hydrogens is 554 g/mol. The maximum absolute atomic E-state index is 11.8. The third-order valence-electron chi connectivity index (χ3n) is 5.43. The second kappa shape index (κ2) is 9.48. The molecule has 0 amide bonds. The molecule has 0 saturated carbocycles. The Morgan fingerprint density at radius 2 is 1.08 bits per heavy atom. The monoisotopic (exact) mass is 569 g/mol. The lowest BCUT2D eigenvalue weighted by Crippen LogP contribution is -1.99. The first kappa shape index (κ1) is 25.8. The molecule has 0 aliphatic rings. The largest absolute Gasteiger partial charge is 0.505 e. The van der Waals surface area contributed by atoms with Crippen molar-refractivity contribution in [2.45, 2.75) is 9.79 Å². The van der Waals surface area contributed by atoms with E-state index in [0.29, 0.717) is 0 Å². The minimum Gasteiger partial charge on any atom is -0.505 e. The Kier molecular flexibility index (Phi) is 6.27. The van der Waals surface area contributed by atoms with Gasteiger partial charge in [-0.2, -0.15) is 21.8 Å². The molecule has 0 fully saturated rings. The first-order valence-corrected chi connectivity index (χ1v) is 13.5. The van der Waals surface area contributed by atoms with Crippen LogP contribution in [-0.4, -0.2) is 51.3 Å². The van der Waals surface area contributed by atoms with Crippen molar-refractivity contribution in [3.63, 3.8) is 0 Å². The zero-order chi connectivity index (χ0) is 27.9. The molecular formula is C22H15N7O8S2. The van der Waals surface area contributed by atoms with Crippen LogP contribution in [0.15, 0.2) is 90.9 Å². The fourth-order valence-electron chi connectivity index (χ4n) is 3.74. The summed E-state index contributed by atoms with van der Waals surface area (Å²) in [6.07, 6.45) is 0. The van der Waals surface area contributed by atoms with E-state index in [0.717, 1.165) is 12.1 Å². The molecule has 15 nitrogen and oxygen atoms in total. The molecule has 0 atom stereocenters. The van der Waals surface area contributed by atoms with Gasteiger partial charge in [-0.05, 0) is 12.1 Å². The second-order valence-electron chi connectivity index (χ2n) is 7.89. The number of phenolic OH excluding ortho intramolecular Hbond substituents is 2. The average molecular weight is 570 g/mol. The van der Waals surface area contributed by atoms with E-state index in [-0.39, 0.29) is 44.8 Å². The van der Waals surface area contributed by atoms with Gasteiger partial charge < -0.3 is 10.2 Å². The van der Waals surface area contributed by atoms with Crippen LogP contribution in [0.5, 0.6) is 11.5 Å². The SMILES string of the molecule is O=S(=O)(O)c1cc(N=Nc2n[nH]c(N=Nc3cc(S(=O)(=O)O)c4ccccc4c3O)n2)c(O)c2ccccc12. The predicted octanol–water partition coefficient (Wildman–Crippen LogP) is 4.85. The molecule has 0 unspecified atom stereocenters. The third-order valence-corrected chi connectivity index (χ3v) is 7.22. The van der Waals surface area contributed by atoms with Gasteiger partial charge in [0.1, 0.15) is 21.2 Å². The standard InChI is InChI=1S/C22H15N7O8S2/c30-19-13-7-3-1-5-11(13)17(38(32,33)34)9-15(19)24-26-21-23-22(29-28-21)27-25-16-10-18(39(35,36)37)12-6-2-4-8-14(12)20(16)31/h1-10,30-31H,(H,23,28,29)(H,32,33,34)(H,35,36,37). The van der Waals surface area contributed by atoms with Crippen molar-refractivity contribution in [2.24, 2.45) is 20.5 Å². The number of aromatic nitrogens is 3. The van der Waals surface area contributed by atoms with Crippen LogP contribution in [0, 0.1) is 0 Å². The molecule has 4 aromatic carbocycles. The van der Waals surface area contributed by atoms with Crippen molar-refractivity contribution in [3.05, 3.63) is 60.7 Å². The maximum atomic E-state index is 11.8. The molecule has 0 radical (unpaired) electrons. The van der Waals surface area contributed by atoms with E-state index >= 15 is 0 Å². The summed E-state index contributed by atoms with van der Waals surface area (Å²) in [7, 11) is -9.32. The maximum Gasteiger partial charge on any atom is 0.295 e. The Labute approximate surface area is 218 Å². The first-order valence-electron chi connectivity index (χ1n) is 10.6. The normalized spacial score (nSPS) is 12.8. The summed E-state index contributed by atoms with van der Waals surface area (Å²) in [4.78, 5) is 2.90. The van der Waals surface area contributed by atoms with Crippen LogP contribution in [0.2, 0.25) is 0 Å². The van der Waals surface area contributed by atoms with E-state index in [4.69, 9.17) is 0 Å². The molecule has 0 aliphatic heterocycles. The zero-order valence-corrected chi connectivity index (χ0v) is 20.8. The number of fused-ring (bicyclic) bond motifs is 2. The number of aromatic hydroxyl groups is 2. The predicted molar refractivity (Wildman–Crippen MR) is 136 cm³/mol. The molecule has 5 rings (SSSR count). The lowest BCUT2D eigenvalue weighted by atomic mass is 10.1. The number of nitrogens with one attached hydrogen (secondary N) is 1. The quantitative estimate of drug-likeness (QED) is 0.137. The lowest BCUT2D eigenvalue weighted by molar-refractivity contribution is 0.477. The molecule has 198 valence electrons. The van der Waals surface area contributed by atoms with Crippen LogP contribution in [0.4, 0.5) is 23.3 Å². The number of benzene rings is 4. The summed E-state index contributed by atoms with van der Waals surface area (Å²) in [6.45, 7) is 0. The van der Waals surface area contributed by atoms with Crippen molar-refractivity contribution in [3.8, 4) is 11.5 Å². The molecule has 1 aromatic heterocycles. The van der Waals surface area contributed by atoms with Crippen molar-refractivity contribution in [1.29, 1.82) is 0 Å². The zero-order valence-electron chi connectivity index (χ0n) is 19.2. The van der Waals surface area contributed by atoms with Gasteiger partial charge in [0.05, 0.1) is 0 Å². The Balaban J connectivity index is 1.48. The van der Waals surface area contributed by atoms with E-state index < -0.39 is 41.5 Å². The van der Waals surface area contributed by atoms with Crippen LogP contribution in [-0.2, 0) is 20.2 Å². The number of phenols is 2. The highest BCUT2D eigenvalue weighted by Crippen LogP contribution is 2.40. The highest BCUT2D eigenvalue weighted by Gasteiger charge is 2.21. The molecule has 1 heterocycles. The molecule has 0 bridgehead atoms. The van der Waals surface area contributed by atoms with E-state index in [9.17, 15) is 36.2 Å². The van der Waals surface area contributed by atoms with Crippen molar-refractivity contribution < 1.29 is 36.2 Å². The minimum absolute atomic E-state index is 0.0751. The number of azo groups is 2. The highest BCUT2D eigenvalue weighted by molar-refractivity contribution is 7.86. The fraction of sp³-hybridized carbons (Fsp3) is 0. The summed E-state index contributed by atoms with van der Waals surface area (Å²) in [5.41, 5.74) is -0.590. The average Bonchev–Trinajstić information content (AvgIpc) is 3.34. The summed E-state index contributed by atoms with van der Waals surface area (Å²) >= 11 is 0. The number of hydrogen-bond acceptors (Lipinski definition) is 12. The molecule has 5 N–H and O–H groups in total. The van der Waals surface area contributed by atoms with E-state index in [1.807, 2.05) is 0 Å².